The first-order chi connectivity index (χ1) is 12.1. The third kappa shape index (κ3) is 4.50. The standard InChI is InChI=1S/C20H19O4P/c1-16(17-10-4-2-5-11-17)19-14-8-9-15-20(19)24-25(21,22)23-18-12-6-3-7-13-18/h2-16H,1H3,(H,21,22). The van der Waals surface area contributed by atoms with Crippen LogP contribution in [0.5, 0.6) is 11.5 Å². The van der Waals surface area contributed by atoms with Crippen molar-refractivity contribution in [2.75, 3.05) is 0 Å². The second-order valence-corrected chi connectivity index (χ2v) is 6.94. The average molecular weight is 354 g/mol. The van der Waals surface area contributed by atoms with Gasteiger partial charge in [-0.2, -0.15) is 0 Å². The van der Waals surface area contributed by atoms with Crippen molar-refractivity contribution < 1.29 is 18.5 Å². The molecule has 0 aliphatic heterocycles. The van der Waals surface area contributed by atoms with E-state index in [4.69, 9.17) is 9.05 Å². The van der Waals surface area contributed by atoms with E-state index in [1.54, 1.807) is 42.5 Å². The molecular weight excluding hydrogens is 335 g/mol. The van der Waals surface area contributed by atoms with Gasteiger partial charge in [0.15, 0.2) is 0 Å². The number of phosphoric ester groups is 1. The van der Waals surface area contributed by atoms with Gasteiger partial charge in [-0.25, -0.2) is 4.57 Å². The van der Waals surface area contributed by atoms with Crippen LogP contribution in [0.3, 0.4) is 0 Å². The van der Waals surface area contributed by atoms with Crippen LogP contribution in [0.1, 0.15) is 24.0 Å². The molecule has 1 N–H and O–H groups in total. The number of hydrogen-bond donors (Lipinski definition) is 1. The Kier molecular flexibility index (Phi) is 5.22. The lowest BCUT2D eigenvalue weighted by Gasteiger charge is -2.19. The van der Waals surface area contributed by atoms with E-state index >= 15 is 0 Å². The molecule has 0 aliphatic rings. The van der Waals surface area contributed by atoms with E-state index in [1.807, 2.05) is 49.4 Å². The molecule has 3 aromatic carbocycles. The van der Waals surface area contributed by atoms with E-state index in [9.17, 15) is 9.46 Å². The summed E-state index contributed by atoms with van der Waals surface area (Å²) < 4.78 is 22.9. The number of rotatable bonds is 6. The van der Waals surface area contributed by atoms with E-state index in [0.717, 1.165) is 11.1 Å². The third-order valence-electron chi connectivity index (χ3n) is 3.86. The maximum Gasteiger partial charge on any atom is 0.584 e. The Morgan fingerprint density at radius 2 is 1.36 bits per heavy atom. The Bertz CT molecular complexity index is 865. The molecule has 128 valence electrons. The van der Waals surface area contributed by atoms with Crippen LogP contribution >= 0.6 is 7.82 Å². The summed E-state index contributed by atoms with van der Waals surface area (Å²) in [6.45, 7) is 2.03. The average Bonchev–Trinajstić information content (AvgIpc) is 2.62. The summed E-state index contributed by atoms with van der Waals surface area (Å²) in [6, 6.07) is 25.6. The van der Waals surface area contributed by atoms with Gasteiger partial charge in [-0.05, 0) is 23.8 Å². The first-order valence-electron chi connectivity index (χ1n) is 7.96. The molecule has 0 bridgehead atoms. The zero-order valence-electron chi connectivity index (χ0n) is 13.8. The predicted molar refractivity (Wildman–Crippen MR) is 97.9 cm³/mol. The van der Waals surface area contributed by atoms with Gasteiger partial charge in [0.2, 0.25) is 0 Å². The van der Waals surface area contributed by atoms with Crippen molar-refractivity contribution in [3.63, 3.8) is 0 Å². The van der Waals surface area contributed by atoms with Crippen molar-refractivity contribution in [2.24, 2.45) is 0 Å². The van der Waals surface area contributed by atoms with Crippen LogP contribution in [0, 0.1) is 0 Å². The summed E-state index contributed by atoms with van der Waals surface area (Å²) in [5.41, 5.74) is 1.91. The number of hydrogen-bond acceptors (Lipinski definition) is 3. The largest absolute Gasteiger partial charge is 0.584 e. The van der Waals surface area contributed by atoms with Crippen molar-refractivity contribution in [3.05, 3.63) is 96.1 Å². The summed E-state index contributed by atoms with van der Waals surface area (Å²) >= 11 is 0. The third-order valence-corrected chi connectivity index (χ3v) is 4.73. The van der Waals surface area contributed by atoms with Crippen molar-refractivity contribution in [1.82, 2.24) is 0 Å². The molecule has 0 saturated carbocycles. The molecule has 0 saturated heterocycles. The monoisotopic (exact) mass is 354 g/mol. The Balaban J connectivity index is 1.84. The van der Waals surface area contributed by atoms with Gasteiger partial charge < -0.3 is 9.05 Å². The minimum atomic E-state index is -4.29. The highest BCUT2D eigenvalue weighted by Gasteiger charge is 2.27. The first kappa shape index (κ1) is 17.3. The molecule has 0 aliphatic carbocycles. The molecule has 0 heterocycles. The van der Waals surface area contributed by atoms with Crippen LogP contribution in [0.15, 0.2) is 84.9 Å². The lowest BCUT2D eigenvalue weighted by molar-refractivity contribution is 0.289. The summed E-state index contributed by atoms with van der Waals surface area (Å²) in [5, 5.41) is 0. The molecule has 0 radical (unpaired) electrons. The fourth-order valence-corrected chi connectivity index (χ4v) is 3.44. The van der Waals surface area contributed by atoms with Gasteiger partial charge in [0.25, 0.3) is 0 Å². The van der Waals surface area contributed by atoms with Crippen LogP contribution in [0.25, 0.3) is 0 Å². The summed E-state index contributed by atoms with van der Waals surface area (Å²) in [6.07, 6.45) is 0. The normalized spacial score (nSPS) is 14.3. The highest BCUT2D eigenvalue weighted by molar-refractivity contribution is 7.48. The van der Waals surface area contributed by atoms with Gasteiger partial charge >= 0.3 is 7.82 Å². The molecule has 2 unspecified atom stereocenters. The second kappa shape index (κ2) is 7.56. The van der Waals surface area contributed by atoms with Crippen LogP contribution in [0.2, 0.25) is 0 Å². The van der Waals surface area contributed by atoms with Gasteiger partial charge in [0, 0.05) is 11.5 Å². The summed E-state index contributed by atoms with van der Waals surface area (Å²) in [4.78, 5) is 10.1. The Morgan fingerprint density at radius 3 is 2.04 bits per heavy atom. The predicted octanol–water partition coefficient (Wildman–Crippen LogP) is 5.40. The highest BCUT2D eigenvalue weighted by Crippen LogP contribution is 2.46. The number of para-hydroxylation sites is 2. The fraction of sp³-hybridized carbons (Fsp3) is 0.100. The molecule has 25 heavy (non-hydrogen) atoms. The molecule has 3 aromatic rings. The molecule has 0 aromatic heterocycles. The zero-order chi connectivity index (χ0) is 17.7. The first-order valence-corrected chi connectivity index (χ1v) is 9.45. The minimum Gasteiger partial charge on any atom is -0.395 e. The molecule has 5 heteroatoms. The number of phosphoric acid groups is 1. The van der Waals surface area contributed by atoms with Crippen molar-refractivity contribution in [3.8, 4) is 11.5 Å². The molecule has 0 amide bonds. The molecule has 0 fully saturated rings. The highest BCUT2D eigenvalue weighted by atomic mass is 31.2. The van der Waals surface area contributed by atoms with Gasteiger partial charge in [0.1, 0.15) is 11.5 Å². The molecule has 2 atom stereocenters. The molecule has 3 rings (SSSR count). The van der Waals surface area contributed by atoms with E-state index < -0.39 is 7.82 Å². The van der Waals surface area contributed by atoms with Crippen molar-refractivity contribution >= 4 is 7.82 Å². The van der Waals surface area contributed by atoms with E-state index in [2.05, 4.69) is 0 Å². The van der Waals surface area contributed by atoms with Gasteiger partial charge in [-0.3, -0.25) is 4.89 Å². The van der Waals surface area contributed by atoms with Crippen LogP contribution in [-0.4, -0.2) is 4.89 Å². The van der Waals surface area contributed by atoms with Crippen LogP contribution < -0.4 is 9.05 Å². The summed E-state index contributed by atoms with van der Waals surface area (Å²) in [5.74, 6) is 0.622. The minimum absolute atomic E-state index is 0.00845. The lowest BCUT2D eigenvalue weighted by Crippen LogP contribution is -2.04. The van der Waals surface area contributed by atoms with Crippen molar-refractivity contribution in [2.45, 2.75) is 12.8 Å². The van der Waals surface area contributed by atoms with Crippen LogP contribution in [-0.2, 0) is 4.57 Å². The van der Waals surface area contributed by atoms with Gasteiger partial charge in [-0.15, -0.1) is 0 Å². The number of benzene rings is 3. The molecular formula is C20H19O4P. The van der Waals surface area contributed by atoms with E-state index in [1.165, 1.54) is 0 Å². The van der Waals surface area contributed by atoms with Gasteiger partial charge in [0.05, 0.1) is 0 Å². The van der Waals surface area contributed by atoms with Gasteiger partial charge in [-0.1, -0.05) is 73.7 Å². The SMILES string of the molecule is CC(c1ccccc1)c1ccccc1OP(=O)(O)Oc1ccccc1. The summed E-state index contributed by atoms with van der Waals surface area (Å²) in [7, 11) is -4.29. The van der Waals surface area contributed by atoms with Crippen LogP contribution in [0.4, 0.5) is 0 Å². The Labute approximate surface area is 147 Å². The van der Waals surface area contributed by atoms with E-state index in [0.29, 0.717) is 5.75 Å². The second-order valence-electron chi connectivity index (χ2n) is 5.63. The molecule has 0 spiro atoms. The molecule has 4 nitrogen and oxygen atoms in total. The Morgan fingerprint density at radius 1 is 0.800 bits per heavy atom. The maximum absolute atomic E-state index is 12.4. The topological polar surface area (TPSA) is 55.8 Å². The smallest absolute Gasteiger partial charge is 0.395 e. The van der Waals surface area contributed by atoms with Crippen molar-refractivity contribution in [1.29, 1.82) is 0 Å². The maximum atomic E-state index is 12.4. The quantitative estimate of drug-likeness (QED) is 0.603. The fourth-order valence-electron chi connectivity index (χ4n) is 2.60. The lowest BCUT2D eigenvalue weighted by atomic mass is 9.93. The van der Waals surface area contributed by atoms with E-state index in [-0.39, 0.29) is 11.7 Å². The zero-order valence-corrected chi connectivity index (χ0v) is 14.7. The Hall–Kier alpha value is -2.55.